The van der Waals surface area contributed by atoms with Crippen LogP contribution in [0.5, 0.6) is 0 Å². The van der Waals surface area contributed by atoms with Crippen LogP contribution in [-0.2, 0) is 19.7 Å². The predicted molar refractivity (Wildman–Crippen MR) is 93.5 cm³/mol. The van der Waals surface area contributed by atoms with Crippen LogP contribution in [0.3, 0.4) is 0 Å². The first kappa shape index (κ1) is 19.6. The minimum Gasteiger partial charge on any atom is -0.296 e. The zero-order chi connectivity index (χ0) is 18.4. The Labute approximate surface area is 145 Å². The van der Waals surface area contributed by atoms with Gasteiger partial charge >= 0.3 is 0 Å². The van der Waals surface area contributed by atoms with Gasteiger partial charge in [-0.1, -0.05) is 13.8 Å². The van der Waals surface area contributed by atoms with E-state index in [2.05, 4.69) is 25.3 Å². The van der Waals surface area contributed by atoms with Crippen LogP contribution in [0, 0.1) is 11.3 Å². The standard InChI is InChI=1S/C17H30N2O4S/c1-15(2,3)23-18-17(6)10-13(12-20)14(16(17,4)5)11-19-8-7-9-24(19,21)22/h14,18H,7-11H2,1-6H3/t14-,17-/m1/s1. The molecule has 0 aromatic carbocycles. The summed E-state index contributed by atoms with van der Waals surface area (Å²) in [6, 6.07) is 0. The largest absolute Gasteiger partial charge is 0.296 e. The van der Waals surface area contributed by atoms with Crippen molar-refractivity contribution in [1.29, 1.82) is 0 Å². The predicted octanol–water partition coefficient (Wildman–Crippen LogP) is 1.90. The Kier molecular flexibility index (Phi) is 5.08. The second-order valence-electron chi connectivity index (χ2n) is 8.75. The molecule has 0 radical (unpaired) electrons. The van der Waals surface area contributed by atoms with Crippen molar-refractivity contribution in [3.63, 3.8) is 0 Å². The summed E-state index contributed by atoms with van der Waals surface area (Å²) in [5.74, 6) is 2.09. The maximum Gasteiger partial charge on any atom is 0.214 e. The first-order chi connectivity index (χ1) is 10.8. The molecule has 1 heterocycles. The summed E-state index contributed by atoms with van der Waals surface area (Å²) < 4.78 is 25.8. The lowest BCUT2D eigenvalue weighted by Crippen LogP contribution is -2.55. The van der Waals surface area contributed by atoms with Crippen LogP contribution >= 0.6 is 0 Å². The monoisotopic (exact) mass is 358 g/mol. The van der Waals surface area contributed by atoms with Crippen LogP contribution < -0.4 is 5.48 Å². The molecule has 2 fully saturated rings. The van der Waals surface area contributed by atoms with E-state index >= 15 is 0 Å². The number of hydrogen-bond acceptors (Lipinski definition) is 5. The Bertz CT molecular complexity index is 644. The van der Waals surface area contributed by atoms with Crippen molar-refractivity contribution in [3.05, 3.63) is 5.57 Å². The zero-order valence-electron chi connectivity index (χ0n) is 15.6. The number of sulfonamides is 1. The summed E-state index contributed by atoms with van der Waals surface area (Å²) in [5, 5.41) is 0. The smallest absolute Gasteiger partial charge is 0.214 e. The Balaban J connectivity index is 2.26. The Morgan fingerprint density at radius 2 is 1.96 bits per heavy atom. The van der Waals surface area contributed by atoms with Gasteiger partial charge in [-0.15, -0.1) is 0 Å². The highest BCUT2D eigenvalue weighted by Gasteiger charge is 2.56. The van der Waals surface area contributed by atoms with Gasteiger partial charge in [-0.25, -0.2) is 17.5 Å². The van der Waals surface area contributed by atoms with Gasteiger partial charge in [0.1, 0.15) is 5.94 Å². The molecule has 6 nitrogen and oxygen atoms in total. The molecule has 0 aromatic rings. The number of hydrogen-bond donors (Lipinski definition) is 1. The van der Waals surface area contributed by atoms with Gasteiger partial charge in [0, 0.05) is 31.0 Å². The summed E-state index contributed by atoms with van der Waals surface area (Å²) in [5.41, 5.74) is 2.60. The molecule has 0 unspecified atom stereocenters. The second-order valence-corrected chi connectivity index (χ2v) is 10.8. The van der Waals surface area contributed by atoms with Crippen molar-refractivity contribution < 1.29 is 18.0 Å². The summed E-state index contributed by atoms with van der Waals surface area (Å²) in [6.07, 6.45) is 1.15. The maximum absolute atomic E-state index is 12.2. The van der Waals surface area contributed by atoms with E-state index in [9.17, 15) is 13.2 Å². The highest BCUT2D eigenvalue weighted by Crippen LogP contribution is 2.52. The number of carbonyl (C=O) groups excluding carboxylic acids is 1. The SMILES string of the molecule is CC(C)(C)ON[C@]1(C)CC(=C=O)[C@@H](CN2CCCS2(=O)=O)C1(C)C. The van der Waals surface area contributed by atoms with E-state index in [1.165, 1.54) is 4.31 Å². The Morgan fingerprint density at radius 3 is 2.42 bits per heavy atom. The Hall–Kier alpha value is -0.720. The van der Waals surface area contributed by atoms with Crippen molar-refractivity contribution >= 4 is 16.0 Å². The highest BCUT2D eigenvalue weighted by molar-refractivity contribution is 7.89. The second kappa shape index (κ2) is 6.22. The molecular formula is C17H30N2O4S. The van der Waals surface area contributed by atoms with Gasteiger partial charge in [0.15, 0.2) is 0 Å². The van der Waals surface area contributed by atoms with Crippen LogP contribution in [0.15, 0.2) is 5.57 Å². The minimum atomic E-state index is -3.19. The van der Waals surface area contributed by atoms with Crippen molar-refractivity contribution in [2.24, 2.45) is 11.3 Å². The van der Waals surface area contributed by atoms with Gasteiger partial charge in [-0.05, 0) is 39.5 Å². The van der Waals surface area contributed by atoms with Gasteiger partial charge in [0.05, 0.1) is 16.9 Å². The molecule has 1 N–H and O–H groups in total. The number of rotatable bonds is 4. The van der Waals surface area contributed by atoms with Crippen LogP contribution in [-0.4, -0.2) is 48.6 Å². The quantitative estimate of drug-likeness (QED) is 0.614. The van der Waals surface area contributed by atoms with Crippen LogP contribution in [0.25, 0.3) is 0 Å². The van der Waals surface area contributed by atoms with Crippen LogP contribution in [0.1, 0.15) is 54.4 Å². The first-order valence-electron chi connectivity index (χ1n) is 8.49. The summed E-state index contributed by atoms with van der Waals surface area (Å²) >= 11 is 0. The fourth-order valence-corrected chi connectivity index (χ4v) is 5.07. The van der Waals surface area contributed by atoms with Gasteiger partial charge in [-0.3, -0.25) is 4.84 Å². The highest BCUT2D eigenvalue weighted by atomic mass is 32.2. The number of nitrogens with one attached hydrogen (secondary N) is 1. The van der Waals surface area contributed by atoms with Crippen molar-refractivity contribution in [2.45, 2.75) is 65.5 Å². The minimum absolute atomic E-state index is 0.177. The lowest BCUT2D eigenvalue weighted by atomic mass is 9.71. The van der Waals surface area contributed by atoms with Gasteiger partial charge in [-0.2, -0.15) is 5.48 Å². The Morgan fingerprint density at radius 1 is 1.33 bits per heavy atom. The summed E-state index contributed by atoms with van der Waals surface area (Å²) in [4.78, 5) is 17.3. The third kappa shape index (κ3) is 3.60. The van der Waals surface area contributed by atoms with E-state index in [0.717, 1.165) is 0 Å². The molecule has 0 aromatic heterocycles. The number of hydroxylamine groups is 1. The third-order valence-corrected chi connectivity index (χ3v) is 7.48. The van der Waals surface area contributed by atoms with E-state index in [1.807, 2.05) is 27.7 Å². The van der Waals surface area contributed by atoms with Gasteiger partial charge in [0.2, 0.25) is 10.0 Å². The van der Waals surface area contributed by atoms with Gasteiger partial charge < -0.3 is 0 Å². The molecule has 2 rings (SSSR count). The van der Waals surface area contributed by atoms with E-state index in [0.29, 0.717) is 31.5 Å². The molecule has 1 aliphatic carbocycles. The van der Waals surface area contributed by atoms with Crippen LogP contribution in [0.4, 0.5) is 0 Å². The van der Waals surface area contributed by atoms with E-state index in [-0.39, 0.29) is 22.7 Å². The number of nitrogens with zero attached hydrogens (tertiary/aromatic N) is 1. The average Bonchev–Trinajstić information content (AvgIpc) is 2.86. The molecule has 1 aliphatic heterocycles. The van der Waals surface area contributed by atoms with E-state index in [4.69, 9.17) is 4.84 Å². The summed E-state index contributed by atoms with van der Waals surface area (Å²) in [7, 11) is -3.19. The van der Waals surface area contributed by atoms with E-state index < -0.39 is 15.6 Å². The molecule has 0 bridgehead atoms. The molecule has 1 saturated carbocycles. The summed E-state index contributed by atoms with van der Waals surface area (Å²) in [6.45, 7) is 12.9. The lowest BCUT2D eigenvalue weighted by molar-refractivity contribution is -0.131. The molecule has 24 heavy (non-hydrogen) atoms. The van der Waals surface area contributed by atoms with Crippen molar-refractivity contribution in [1.82, 2.24) is 9.79 Å². The van der Waals surface area contributed by atoms with E-state index in [1.54, 1.807) is 0 Å². The molecule has 2 aliphatic rings. The lowest BCUT2D eigenvalue weighted by Gasteiger charge is -2.43. The molecule has 2 atom stereocenters. The average molecular weight is 359 g/mol. The maximum atomic E-state index is 12.2. The molecule has 1 saturated heterocycles. The van der Waals surface area contributed by atoms with Crippen LogP contribution in [0.2, 0.25) is 0 Å². The molecule has 0 spiro atoms. The fraction of sp³-hybridized carbons (Fsp3) is 0.882. The zero-order valence-corrected chi connectivity index (χ0v) is 16.4. The topological polar surface area (TPSA) is 75.7 Å². The molecular weight excluding hydrogens is 328 g/mol. The fourth-order valence-electron chi connectivity index (χ4n) is 3.53. The molecule has 7 heteroatoms. The van der Waals surface area contributed by atoms with Crippen molar-refractivity contribution in [3.8, 4) is 0 Å². The molecule has 0 amide bonds. The first-order valence-corrected chi connectivity index (χ1v) is 10.1. The normalized spacial score (nSPS) is 32.9. The molecule has 138 valence electrons. The van der Waals surface area contributed by atoms with Crippen molar-refractivity contribution in [2.75, 3.05) is 18.8 Å². The van der Waals surface area contributed by atoms with Gasteiger partial charge in [0.25, 0.3) is 0 Å². The third-order valence-electron chi connectivity index (χ3n) is 5.56.